The maximum absolute atomic E-state index is 13.5. The first-order chi connectivity index (χ1) is 10.7. The Morgan fingerprint density at radius 2 is 2.00 bits per heavy atom. The van der Waals surface area contributed by atoms with Gasteiger partial charge < -0.3 is 9.47 Å². The lowest BCUT2D eigenvalue weighted by atomic mass is 9.82. The Morgan fingerprint density at radius 1 is 1.23 bits per heavy atom. The molecule has 112 valence electrons. The molecule has 0 bridgehead atoms. The monoisotopic (exact) mass is 299 g/mol. The third-order valence-corrected chi connectivity index (χ3v) is 3.69. The molecule has 0 aromatic heterocycles. The van der Waals surface area contributed by atoms with Crippen LogP contribution in [0.4, 0.5) is 4.39 Å². The van der Waals surface area contributed by atoms with Crippen LogP contribution in [0.1, 0.15) is 17.2 Å². The highest BCUT2D eigenvalue weighted by molar-refractivity contribution is 5.87. The molecule has 5 heteroatoms. The number of ether oxygens (including phenoxy) is 2. The summed E-state index contributed by atoms with van der Waals surface area (Å²) in [6.45, 7) is 0. The van der Waals surface area contributed by atoms with Gasteiger partial charge in [-0.05, 0) is 23.3 Å². The van der Waals surface area contributed by atoms with E-state index in [1.165, 1.54) is 25.6 Å². The van der Waals surface area contributed by atoms with E-state index in [1.54, 1.807) is 36.4 Å². The van der Waals surface area contributed by atoms with Crippen molar-refractivity contribution < 1.29 is 18.7 Å². The summed E-state index contributed by atoms with van der Waals surface area (Å²) in [5, 5.41) is 0. The van der Waals surface area contributed by atoms with Crippen LogP contribution >= 0.6 is 0 Å². The predicted molar refractivity (Wildman–Crippen MR) is 78.9 cm³/mol. The van der Waals surface area contributed by atoms with Gasteiger partial charge in [-0.1, -0.05) is 42.5 Å². The largest absolute Gasteiger partial charge is 0.472 e. The molecule has 0 amide bonds. The van der Waals surface area contributed by atoms with Gasteiger partial charge in [0, 0.05) is 0 Å². The molecule has 0 radical (unpaired) electrons. The average molecular weight is 299 g/mol. The van der Waals surface area contributed by atoms with E-state index in [9.17, 15) is 9.18 Å². The number of methoxy groups -OCH3 is 1. The summed E-state index contributed by atoms with van der Waals surface area (Å²) in [7, 11) is 1.30. The van der Waals surface area contributed by atoms with Gasteiger partial charge in [-0.3, -0.25) is 0 Å². The topological polar surface area (TPSA) is 47.9 Å². The van der Waals surface area contributed by atoms with Gasteiger partial charge in [0.15, 0.2) is 12.5 Å². The van der Waals surface area contributed by atoms with Crippen molar-refractivity contribution in [3.8, 4) is 0 Å². The standard InChI is InChI=1S/C17H14FNO3/c1-21-16(20)17(13-7-3-2-4-8-13)15(22-11-19-17)12-6-5-9-14(18)10-12/h2-11,15H,1H3/t15-,17-/m1/s1. The van der Waals surface area contributed by atoms with Crippen molar-refractivity contribution in [2.75, 3.05) is 7.11 Å². The molecule has 2 aromatic rings. The van der Waals surface area contributed by atoms with Crippen LogP contribution in [0.5, 0.6) is 0 Å². The SMILES string of the molecule is COC(=O)[C@]1(c2ccccc2)N=CO[C@@H]1c1cccc(F)c1. The third kappa shape index (κ3) is 2.15. The Morgan fingerprint density at radius 3 is 2.68 bits per heavy atom. The summed E-state index contributed by atoms with van der Waals surface area (Å²) >= 11 is 0. The number of carbonyl (C=O) groups excluding carboxylic acids is 1. The number of hydrogen-bond acceptors (Lipinski definition) is 4. The molecule has 0 aliphatic carbocycles. The number of carbonyl (C=O) groups is 1. The first-order valence-electron chi connectivity index (χ1n) is 6.77. The molecular weight excluding hydrogens is 285 g/mol. The van der Waals surface area contributed by atoms with Crippen molar-refractivity contribution in [2.45, 2.75) is 11.6 Å². The zero-order valence-corrected chi connectivity index (χ0v) is 11.9. The lowest BCUT2D eigenvalue weighted by Gasteiger charge is -2.29. The zero-order valence-electron chi connectivity index (χ0n) is 11.9. The summed E-state index contributed by atoms with van der Waals surface area (Å²) in [5.74, 6) is -0.957. The minimum Gasteiger partial charge on any atom is -0.472 e. The number of aliphatic imine (C=N–C) groups is 1. The fourth-order valence-corrected chi connectivity index (χ4v) is 2.68. The molecule has 2 atom stereocenters. The molecule has 1 heterocycles. The molecule has 4 nitrogen and oxygen atoms in total. The lowest BCUT2D eigenvalue weighted by Crippen LogP contribution is -2.39. The van der Waals surface area contributed by atoms with Crippen molar-refractivity contribution in [3.05, 3.63) is 71.5 Å². The Kier molecular flexibility index (Phi) is 3.63. The number of hydrogen-bond donors (Lipinski definition) is 0. The highest BCUT2D eigenvalue weighted by atomic mass is 19.1. The fourth-order valence-electron chi connectivity index (χ4n) is 2.68. The number of rotatable bonds is 3. The average Bonchev–Trinajstić information content (AvgIpc) is 3.01. The molecule has 0 spiro atoms. The number of benzene rings is 2. The maximum Gasteiger partial charge on any atom is 0.342 e. The molecule has 1 aliphatic rings. The van der Waals surface area contributed by atoms with E-state index in [4.69, 9.17) is 9.47 Å². The van der Waals surface area contributed by atoms with E-state index in [2.05, 4.69) is 4.99 Å². The quantitative estimate of drug-likeness (QED) is 0.819. The van der Waals surface area contributed by atoms with Gasteiger partial charge in [-0.15, -0.1) is 0 Å². The lowest BCUT2D eigenvalue weighted by molar-refractivity contribution is -0.150. The molecule has 0 saturated heterocycles. The van der Waals surface area contributed by atoms with E-state index < -0.39 is 23.4 Å². The van der Waals surface area contributed by atoms with Crippen LogP contribution in [0.15, 0.2) is 59.6 Å². The van der Waals surface area contributed by atoms with Gasteiger partial charge in [0.1, 0.15) is 5.82 Å². The van der Waals surface area contributed by atoms with Crippen LogP contribution in [0.25, 0.3) is 0 Å². The highest BCUT2D eigenvalue weighted by Crippen LogP contribution is 2.45. The van der Waals surface area contributed by atoms with E-state index >= 15 is 0 Å². The predicted octanol–water partition coefficient (Wildman–Crippen LogP) is 2.99. The van der Waals surface area contributed by atoms with E-state index in [-0.39, 0.29) is 0 Å². The van der Waals surface area contributed by atoms with Gasteiger partial charge in [0.05, 0.1) is 7.11 Å². The smallest absolute Gasteiger partial charge is 0.342 e. The molecule has 2 aromatic carbocycles. The number of nitrogens with zero attached hydrogens (tertiary/aromatic N) is 1. The summed E-state index contributed by atoms with van der Waals surface area (Å²) in [6, 6.07) is 14.9. The molecule has 1 aliphatic heterocycles. The Labute approximate surface area is 127 Å². The molecular formula is C17H14FNO3. The van der Waals surface area contributed by atoms with Gasteiger partial charge in [0.25, 0.3) is 0 Å². The van der Waals surface area contributed by atoms with E-state index in [0.29, 0.717) is 11.1 Å². The molecule has 3 rings (SSSR count). The number of esters is 1. The molecule has 22 heavy (non-hydrogen) atoms. The summed E-state index contributed by atoms with van der Waals surface area (Å²) in [6.07, 6.45) is 0.442. The Bertz CT molecular complexity index is 717. The fraction of sp³-hybridized carbons (Fsp3) is 0.176. The molecule has 0 saturated carbocycles. The molecule has 0 N–H and O–H groups in total. The first kappa shape index (κ1) is 14.3. The van der Waals surface area contributed by atoms with Crippen molar-refractivity contribution in [3.63, 3.8) is 0 Å². The highest BCUT2D eigenvalue weighted by Gasteiger charge is 2.53. The van der Waals surface area contributed by atoms with Crippen molar-refractivity contribution in [1.82, 2.24) is 0 Å². The molecule has 0 fully saturated rings. The Balaban J connectivity index is 2.16. The second-order valence-electron chi connectivity index (χ2n) is 4.93. The van der Waals surface area contributed by atoms with Crippen molar-refractivity contribution >= 4 is 12.4 Å². The summed E-state index contributed by atoms with van der Waals surface area (Å²) in [4.78, 5) is 16.7. The normalized spacial score (nSPS) is 23.1. The van der Waals surface area contributed by atoms with Crippen LogP contribution in [0.3, 0.4) is 0 Å². The van der Waals surface area contributed by atoms with Gasteiger partial charge in [-0.25, -0.2) is 14.2 Å². The summed E-state index contributed by atoms with van der Waals surface area (Å²) in [5.41, 5.74) is -0.222. The van der Waals surface area contributed by atoms with Gasteiger partial charge in [0.2, 0.25) is 5.54 Å². The van der Waals surface area contributed by atoms with E-state index in [0.717, 1.165) is 0 Å². The zero-order chi connectivity index (χ0) is 15.6. The van der Waals surface area contributed by atoms with Crippen LogP contribution < -0.4 is 0 Å². The minimum atomic E-state index is -1.37. The van der Waals surface area contributed by atoms with Gasteiger partial charge in [-0.2, -0.15) is 0 Å². The van der Waals surface area contributed by atoms with E-state index in [1.807, 2.05) is 6.07 Å². The van der Waals surface area contributed by atoms with Crippen molar-refractivity contribution in [2.24, 2.45) is 4.99 Å². The summed E-state index contributed by atoms with van der Waals surface area (Å²) < 4.78 is 24.0. The minimum absolute atomic E-state index is 0.403. The Hall–Kier alpha value is -2.69. The molecule has 0 unspecified atom stereocenters. The van der Waals surface area contributed by atoms with Crippen LogP contribution in [-0.2, 0) is 19.8 Å². The van der Waals surface area contributed by atoms with Crippen molar-refractivity contribution in [1.29, 1.82) is 0 Å². The number of halogens is 1. The first-order valence-corrected chi connectivity index (χ1v) is 6.77. The van der Waals surface area contributed by atoms with Gasteiger partial charge >= 0.3 is 5.97 Å². The maximum atomic E-state index is 13.5. The second-order valence-corrected chi connectivity index (χ2v) is 4.93. The van der Waals surface area contributed by atoms with Crippen LogP contribution in [0.2, 0.25) is 0 Å². The van der Waals surface area contributed by atoms with Crippen LogP contribution in [-0.4, -0.2) is 19.5 Å². The third-order valence-electron chi connectivity index (χ3n) is 3.69. The second kappa shape index (κ2) is 5.60. The van der Waals surface area contributed by atoms with Crippen LogP contribution in [0, 0.1) is 5.82 Å².